The van der Waals surface area contributed by atoms with Crippen LogP contribution in [0.3, 0.4) is 0 Å². The highest BCUT2D eigenvalue weighted by Crippen LogP contribution is 2.22. The molecule has 128 valence electrons. The summed E-state index contributed by atoms with van der Waals surface area (Å²) < 4.78 is 0. The van der Waals surface area contributed by atoms with Gasteiger partial charge in [-0.05, 0) is 58.4 Å². The molecule has 0 heterocycles. The van der Waals surface area contributed by atoms with Gasteiger partial charge in [-0.15, -0.1) is 0 Å². The highest BCUT2D eigenvalue weighted by molar-refractivity contribution is 5.95. The SMILES string of the molecule is CCN(CC)c1ccc(NC(=O)CNC(=O)NC(C)C)c(C)c1. The van der Waals surface area contributed by atoms with Crippen LogP contribution in [0.1, 0.15) is 33.3 Å². The fourth-order valence-corrected chi connectivity index (χ4v) is 2.24. The molecule has 0 aliphatic rings. The van der Waals surface area contributed by atoms with E-state index in [2.05, 4.69) is 40.8 Å². The van der Waals surface area contributed by atoms with Gasteiger partial charge in [0.15, 0.2) is 0 Å². The number of nitrogens with zero attached hydrogens (tertiary/aromatic N) is 1. The van der Waals surface area contributed by atoms with Gasteiger partial charge >= 0.3 is 6.03 Å². The number of benzene rings is 1. The molecule has 0 unspecified atom stereocenters. The predicted octanol–water partition coefficient (Wildman–Crippen LogP) is 2.49. The van der Waals surface area contributed by atoms with Crippen LogP contribution in [0, 0.1) is 6.92 Å². The molecule has 6 nitrogen and oxygen atoms in total. The Labute approximate surface area is 138 Å². The molecule has 0 atom stereocenters. The molecule has 3 N–H and O–H groups in total. The van der Waals surface area contributed by atoms with E-state index >= 15 is 0 Å². The molecule has 0 aliphatic heterocycles. The van der Waals surface area contributed by atoms with E-state index in [-0.39, 0.29) is 24.5 Å². The minimum atomic E-state index is -0.344. The first kappa shape index (κ1) is 18.8. The minimum Gasteiger partial charge on any atom is -0.372 e. The zero-order valence-electron chi connectivity index (χ0n) is 14.7. The van der Waals surface area contributed by atoms with Gasteiger partial charge < -0.3 is 20.9 Å². The summed E-state index contributed by atoms with van der Waals surface area (Å²) in [5, 5.41) is 8.02. The number of anilines is 2. The Bertz CT molecular complexity index is 539. The summed E-state index contributed by atoms with van der Waals surface area (Å²) in [5.41, 5.74) is 2.89. The summed E-state index contributed by atoms with van der Waals surface area (Å²) in [6, 6.07) is 5.64. The summed E-state index contributed by atoms with van der Waals surface area (Å²) >= 11 is 0. The summed E-state index contributed by atoms with van der Waals surface area (Å²) in [5.74, 6) is -0.248. The fourth-order valence-electron chi connectivity index (χ4n) is 2.24. The van der Waals surface area contributed by atoms with Crippen LogP contribution in [-0.4, -0.2) is 37.6 Å². The third-order valence-electron chi connectivity index (χ3n) is 3.44. The number of carbonyl (C=O) groups is 2. The molecule has 1 aromatic carbocycles. The molecule has 0 aromatic heterocycles. The fraction of sp³-hybridized carbons (Fsp3) is 0.529. The molecule has 0 bridgehead atoms. The molecule has 1 aromatic rings. The van der Waals surface area contributed by atoms with Gasteiger partial charge in [-0.2, -0.15) is 0 Å². The maximum absolute atomic E-state index is 11.9. The van der Waals surface area contributed by atoms with Crippen molar-refractivity contribution in [2.24, 2.45) is 0 Å². The lowest BCUT2D eigenvalue weighted by atomic mass is 10.1. The summed E-state index contributed by atoms with van der Waals surface area (Å²) in [7, 11) is 0. The van der Waals surface area contributed by atoms with Crippen molar-refractivity contribution in [2.75, 3.05) is 29.9 Å². The lowest BCUT2D eigenvalue weighted by Gasteiger charge is -2.22. The Morgan fingerprint density at radius 1 is 1.17 bits per heavy atom. The van der Waals surface area contributed by atoms with Crippen molar-refractivity contribution < 1.29 is 9.59 Å². The highest BCUT2D eigenvalue weighted by Gasteiger charge is 2.09. The van der Waals surface area contributed by atoms with Gasteiger partial charge in [0.25, 0.3) is 0 Å². The molecule has 23 heavy (non-hydrogen) atoms. The molecule has 0 aliphatic carbocycles. The third kappa shape index (κ3) is 6.18. The molecule has 0 fully saturated rings. The number of hydrogen-bond acceptors (Lipinski definition) is 3. The molecular formula is C17H28N4O2. The topological polar surface area (TPSA) is 73.5 Å². The number of carbonyl (C=O) groups excluding carboxylic acids is 2. The van der Waals surface area contributed by atoms with E-state index in [1.54, 1.807) is 0 Å². The van der Waals surface area contributed by atoms with Gasteiger partial charge in [-0.3, -0.25) is 4.79 Å². The van der Waals surface area contributed by atoms with Crippen LogP contribution in [-0.2, 0) is 4.79 Å². The molecule has 6 heteroatoms. The van der Waals surface area contributed by atoms with Gasteiger partial charge in [0.2, 0.25) is 5.91 Å². The molecule has 0 saturated carbocycles. The van der Waals surface area contributed by atoms with Crippen molar-refractivity contribution in [3.63, 3.8) is 0 Å². The summed E-state index contributed by atoms with van der Waals surface area (Å²) in [6.07, 6.45) is 0. The largest absolute Gasteiger partial charge is 0.372 e. The highest BCUT2D eigenvalue weighted by atomic mass is 16.2. The van der Waals surface area contributed by atoms with Crippen LogP contribution in [0.25, 0.3) is 0 Å². The van der Waals surface area contributed by atoms with E-state index < -0.39 is 0 Å². The van der Waals surface area contributed by atoms with Crippen LogP contribution in [0.15, 0.2) is 18.2 Å². The first-order valence-electron chi connectivity index (χ1n) is 8.07. The quantitative estimate of drug-likeness (QED) is 0.722. The number of amides is 3. The van der Waals surface area contributed by atoms with Crippen LogP contribution in [0.2, 0.25) is 0 Å². The van der Waals surface area contributed by atoms with Crippen molar-refractivity contribution >= 4 is 23.3 Å². The Hall–Kier alpha value is -2.24. The average Bonchev–Trinajstić information content (AvgIpc) is 2.48. The van der Waals surface area contributed by atoms with E-state index in [0.29, 0.717) is 0 Å². The Morgan fingerprint density at radius 2 is 1.83 bits per heavy atom. The summed E-state index contributed by atoms with van der Waals surface area (Å²) in [6.45, 7) is 11.7. The second-order valence-electron chi connectivity index (χ2n) is 5.70. The molecular weight excluding hydrogens is 292 g/mol. The van der Waals surface area contributed by atoms with Crippen molar-refractivity contribution in [1.82, 2.24) is 10.6 Å². The van der Waals surface area contributed by atoms with E-state index in [0.717, 1.165) is 30.0 Å². The molecule has 0 radical (unpaired) electrons. The lowest BCUT2D eigenvalue weighted by molar-refractivity contribution is -0.115. The molecule has 0 saturated heterocycles. The monoisotopic (exact) mass is 320 g/mol. The van der Waals surface area contributed by atoms with E-state index in [1.165, 1.54) is 0 Å². The number of aryl methyl sites for hydroxylation is 1. The van der Waals surface area contributed by atoms with E-state index in [4.69, 9.17) is 0 Å². The molecule has 3 amide bonds. The number of rotatable bonds is 7. The maximum atomic E-state index is 11.9. The Morgan fingerprint density at radius 3 is 2.35 bits per heavy atom. The maximum Gasteiger partial charge on any atom is 0.315 e. The average molecular weight is 320 g/mol. The zero-order chi connectivity index (χ0) is 17.4. The van der Waals surface area contributed by atoms with Crippen LogP contribution < -0.4 is 20.9 Å². The standard InChI is InChI=1S/C17H28N4O2/c1-6-21(7-2)14-8-9-15(13(5)10-14)20-16(22)11-18-17(23)19-12(3)4/h8-10,12H,6-7,11H2,1-5H3,(H,20,22)(H2,18,19,23). The van der Waals surface area contributed by atoms with Gasteiger partial charge in [0, 0.05) is 30.5 Å². The predicted molar refractivity (Wildman–Crippen MR) is 95.0 cm³/mol. The first-order valence-corrected chi connectivity index (χ1v) is 8.07. The third-order valence-corrected chi connectivity index (χ3v) is 3.44. The number of nitrogens with one attached hydrogen (secondary N) is 3. The molecule has 0 spiro atoms. The van der Waals surface area contributed by atoms with Crippen LogP contribution in [0.5, 0.6) is 0 Å². The van der Waals surface area contributed by atoms with Crippen molar-refractivity contribution in [2.45, 2.75) is 40.7 Å². The van der Waals surface area contributed by atoms with Gasteiger partial charge in [-0.25, -0.2) is 4.79 Å². The van der Waals surface area contributed by atoms with Crippen LogP contribution >= 0.6 is 0 Å². The molecule has 1 rings (SSSR count). The number of urea groups is 1. The normalized spacial score (nSPS) is 10.3. The van der Waals surface area contributed by atoms with Gasteiger partial charge in [0.1, 0.15) is 0 Å². The van der Waals surface area contributed by atoms with Gasteiger partial charge in [0.05, 0.1) is 6.54 Å². The van der Waals surface area contributed by atoms with Crippen molar-refractivity contribution in [3.8, 4) is 0 Å². The summed E-state index contributed by atoms with van der Waals surface area (Å²) in [4.78, 5) is 25.6. The second kappa shape index (κ2) is 9.02. The Balaban J connectivity index is 2.60. The minimum absolute atomic E-state index is 0.0351. The van der Waals surface area contributed by atoms with E-state index in [1.807, 2.05) is 32.9 Å². The van der Waals surface area contributed by atoms with Gasteiger partial charge in [-0.1, -0.05) is 0 Å². The first-order chi connectivity index (χ1) is 10.9. The van der Waals surface area contributed by atoms with Crippen molar-refractivity contribution in [1.29, 1.82) is 0 Å². The number of hydrogen-bond donors (Lipinski definition) is 3. The Kier molecular flexibility index (Phi) is 7.38. The smallest absolute Gasteiger partial charge is 0.315 e. The van der Waals surface area contributed by atoms with Crippen LogP contribution in [0.4, 0.5) is 16.2 Å². The second-order valence-corrected chi connectivity index (χ2v) is 5.70. The van der Waals surface area contributed by atoms with Crippen molar-refractivity contribution in [3.05, 3.63) is 23.8 Å². The zero-order valence-corrected chi connectivity index (χ0v) is 14.7. The lowest BCUT2D eigenvalue weighted by Crippen LogP contribution is -2.42. The van der Waals surface area contributed by atoms with E-state index in [9.17, 15) is 9.59 Å².